The third-order valence-corrected chi connectivity index (χ3v) is 2.51. The number of phenols is 1. The molecule has 0 unspecified atom stereocenters. The molecular weight excluding hydrogens is 226 g/mol. The summed E-state index contributed by atoms with van der Waals surface area (Å²) in [5, 5.41) is 27.9. The molecule has 82 valence electrons. The number of hydrogen-bond acceptors (Lipinski definition) is 6. The van der Waals surface area contributed by atoms with Crippen LogP contribution in [0.15, 0.2) is 39.9 Å². The lowest BCUT2D eigenvalue weighted by molar-refractivity contribution is 0.457. The Bertz CT molecular complexity index is 510. The monoisotopic (exact) mass is 235 g/mol. The van der Waals surface area contributed by atoms with E-state index in [1.807, 2.05) is 6.07 Å². The summed E-state index contributed by atoms with van der Waals surface area (Å²) in [5.41, 5.74) is 0.865. The first-order valence-corrected chi connectivity index (χ1v) is 5.42. The van der Waals surface area contributed by atoms with Crippen molar-refractivity contribution in [2.45, 2.75) is 6.54 Å². The molecule has 1 aromatic carbocycles. The predicted molar refractivity (Wildman–Crippen MR) is 60.1 cm³/mol. The van der Waals surface area contributed by atoms with Crippen molar-refractivity contribution in [3.05, 3.63) is 35.2 Å². The highest BCUT2D eigenvalue weighted by molar-refractivity contribution is 7.13. The topological polar surface area (TPSA) is 78.1 Å². The number of benzene rings is 1. The van der Waals surface area contributed by atoms with Gasteiger partial charge in [0.1, 0.15) is 5.75 Å². The normalized spacial score (nSPS) is 11.0. The number of aromatic nitrogens is 1. The summed E-state index contributed by atoms with van der Waals surface area (Å²) in [7, 11) is 0. The number of aromatic hydroxyl groups is 2. The molecule has 2 rings (SSSR count). The quantitative estimate of drug-likeness (QED) is 0.803. The number of azo groups is 1. The fourth-order valence-corrected chi connectivity index (χ4v) is 1.65. The summed E-state index contributed by atoms with van der Waals surface area (Å²) >= 11 is 1.22. The standard InChI is InChI=1S/C10H9N3O2S/c14-8-3-1-2-7(4-8)5-11-13-10-12-9(15)6-16-10/h1-4,6,14-15H,5H2. The van der Waals surface area contributed by atoms with Crippen molar-refractivity contribution in [1.29, 1.82) is 0 Å². The third kappa shape index (κ3) is 2.77. The number of rotatable bonds is 3. The molecule has 1 heterocycles. The fraction of sp³-hybridized carbons (Fsp3) is 0.100. The van der Waals surface area contributed by atoms with Gasteiger partial charge in [0.05, 0.1) is 11.9 Å². The van der Waals surface area contributed by atoms with Gasteiger partial charge in [-0.15, -0.1) is 5.11 Å². The Morgan fingerprint density at radius 1 is 1.31 bits per heavy atom. The van der Waals surface area contributed by atoms with Gasteiger partial charge in [-0.25, -0.2) is 0 Å². The highest BCUT2D eigenvalue weighted by atomic mass is 32.1. The zero-order valence-corrected chi connectivity index (χ0v) is 9.05. The lowest BCUT2D eigenvalue weighted by Gasteiger charge is -1.95. The van der Waals surface area contributed by atoms with Crippen molar-refractivity contribution in [3.8, 4) is 11.6 Å². The van der Waals surface area contributed by atoms with Crippen LogP contribution < -0.4 is 0 Å². The van der Waals surface area contributed by atoms with Crippen LogP contribution in [0.1, 0.15) is 5.56 Å². The van der Waals surface area contributed by atoms with Gasteiger partial charge in [0.2, 0.25) is 11.0 Å². The minimum absolute atomic E-state index is 0.0451. The summed E-state index contributed by atoms with van der Waals surface area (Å²) < 4.78 is 0. The van der Waals surface area contributed by atoms with Crippen molar-refractivity contribution in [2.24, 2.45) is 10.2 Å². The van der Waals surface area contributed by atoms with E-state index in [-0.39, 0.29) is 11.6 Å². The average molecular weight is 235 g/mol. The zero-order chi connectivity index (χ0) is 11.4. The van der Waals surface area contributed by atoms with Gasteiger partial charge in [0.15, 0.2) is 0 Å². The molecule has 0 spiro atoms. The zero-order valence-electron chi connectivity index (χ0n) is 8.24. The molecule has 0 atom stereocenters. The van der Waals surface area contributed by atoms with Gasteiger partial charge in [-0.2, -0.15) is 10.1 Å². The number of nitrogens with zero attached hydrogens (tertiary/aromatic N) is 3. The van der Waals surface area contributed by atoms with E-state index in [9.17, 15) is 5.11 Å². The van der Waals surface area contributed by atoms with Crippen molar-refractivity contribution in [2.75, 3.05) is 0 Å². The molecule has 0 radical (unpaired) electrons. The van der Waals surface area contributed by atoms with Crippen LogP contribution in [0, 0.1) is 0 Å². The fourth-order valence-electron chi connectivity index (χ4n) is 1.13. The molecule has 0 saturated carbocycles. The molecule has 1 aromatic heterocycles. The first kappa shape index (κ1) is 10.6. The summed E-state index contributed by atoms with van der Waals surface area (Å²) in [6, 6.07) is 6.81. The Morgan fingerprint density at radius 2 is 2.19 bits per heavy atom. The molecule has 0 aliphatic carbocycles. The predicted octanol–water partition coefficient (Wildman–Crippen LogP) is 2.84. The Balaban J connectivity index is 1.99. The van der Waals surface area contributed by atoms with E-state index < -0.39 is 0 Å². The molecule has 0 saturated heterocycles. The molecule has 0 amide bonds. The molecule has 2 aromatic rings. The van der Waals surface area contributed by atoms with Crippen LogP contribution in [0.4, 0.5) is 5.13 Å². The van der Waals surface area contributed by atoms with Gasteiger partial charge >= 0.3 is 0 Å². The molecule has 0 aliphatic heterocycles. The van der Waals surface area contributed by atoms with Crippen molar-refractivity contribution in [3.63, 3.8) is 0 Å². The first-order valence-electron chi connectivity index (χ1n) is 4.54. The highest BCUT2D eigenvalue weighted by Gasteiger charge is 1.97. The van der Waals surface area contributed by atoms with Crippen LogP contribution in [0.2, 0.25) is 0 Å². The molecule has 0 aliphatic rings. The maximum absolute atomic E-state index is 9.22. The second-order valence-corrected chi connectivity index (χ2v) is 3.89. The molecule has 16 heavy (non-hydrogen) atoms. The molecule has 2 N–H and O–H groups in total. The van der Waals surface area contributed by atoms with Crippen LogP contribution in [0.3, 0.4) is 0 Å². The van der Waals surface area contributed by atoms with Gasteiger partial charge in [-0.3, -0.25) is 0 Å². The van der Waals surface area contributed by atoms with Crippen LogP contribution >= 0.6 is 11.3 Å². The van der Waals surface area contributed by atoms with E-state index in [0.717, 1.165) is 5.56 Å². The average Bonchev–Trinajstić information content (AvgIpc) is 2.64. The molecule has 6 heteroatoms. The Labute approximate surface area is 95.7 Å². The second kappa shape index (κ2) is 4.71. The minimum atomic E-state index is -0.0451. The van der Waals surface area contributed by atoms with E-state index in [1.54, 1.807) is 18.2 Å². The van der Waals surface area contributed by atoms with Gasteiger partial charge in [-0.05, 0) is 17.7 Å². The Kier molecular flexibility index (Phi) is 3.11. The van der Waals surface area contributed by atoms with Gasteiger partial charge in [0.25, 0.3) is 0 Å². The Morgan fingerprint density at radius 3 is 2.88 bits per heavy atom. The lowest BCUT2D eigenvalue weighted by atomic mass is 10.2. The van der Waals surface area contributed by atoms with Crippen molar-refractivity contribution < 1.29 is 10.2 Å². The summed E-state index contributed by atoms with van der Waals surface area (Å²) in [6.07, 6.45) is 0. The van der Waals surface area contributed by atoms with Crippen LogP contribution in [-0.4, -0.2) is 15.2 Å². The molecule has 0 bridgehead atoms. The smallest absolute Gasteiger partial charge is 0.232 e. The highest BCUT2D eigenvalue weighted by Crippen LogP contribution is 2.23. The number of phenolic OH excluding ortho intramolecular Hbond substituents is 1. The van der Waals surface area contributed by atoms with Gasteiger partial charge in [0, 0.05) is 0 Å². The van der Waals surface area contributed by atoms with E-state index >= 15 is 0 Å². The van der Waals surface area contributed by atoms with Gasteiger partial charge < -0.3 is 10.2 Å². The third-order valence-electron chi connectivity index (χ3n) is 1.80. The van der Waals surface area contributed by atoms with Crippen LogP contribution in [0.25, 0.3) is 0 Å². The largest absolute Gasteiger partial charge is 0.508 e. The summed E-state index contributed by atoms with van der Waals surface area (Å²) in [4.78, 5) is 3.72. The lowest BCUT2D eigenvalue weighted by Crippen LogP contribution is -1.78. The van der Waals surface area contributed by atoms with Crippen LogP contribution in [-0.2, 0) is 6.54 Å². The maximum Gasteiger partial charge on any atom is 0.232 e. The van der Waals surface area contributed by atoms with E-state index in [4.69, 9.17) is 5.11 Å². The van der Waals surface area contributed by atoms with E-state index in [2.05, 4.69) is 15.2 Å². The SMILES string of the molecule is Oc1cccc(CN=Nc2nc(O)cs2)c1. The van der Waals surface area contributed by atoms with E-state index in [1.165, 1.54) is 16.7 Å². The van der Waals surface area contributed by atoms with Crippen LogP contribution in [0.5, 0.6) is 11.6 Å². The second-order valence-electron chi connectivity index (χ2n) is 3.06. The number of thiazole rings is 1. The number of hydrogen-bond donors (Lipinski definition) is 2. The first-order chi connectivity index (χ1) is 7.74. The summed E-state index contributed by atoms with van der Waals surface area (Å²) in [5.74, 6) is 0.163. The summed E-state index contributed by atoms with van der Waals surface area (Å²) in [6.45, 7) is 0.370. The van der Waals surface area contributed by atoms with E-state index in [0.29, 0.717) is 11.7 Å². The van der Waals surface area contributed by atoms with Crippen molar-refractivity contribution >= 4 is 16.5 Å². The molecular formula is C10H9N3O2S. The Hall–Kier alpha value is -1.95. The van der Waals surface area contributed by atoms with Gasteiger partial charge in [-0.1, -0.05) is 23.5 Å². The van der Waals surface area contributed by atoms with Crippen molar-refractivity contribution in [1.82, 2.24) is 4.98 Å². The molecule has 0 fully saturated rings. The maximum atomic E-state index is 9.22. The minimum Gasteiger partial charge on any atom is -0.508 e. The molecule has 5 nitrogen and oxygen atoms in total.